The number of aromatic nitrogens is 1. The molecular weight excluding hydrogens is 806 g/mol. The zero-order valence-corrected chi connectivity index (χ0v) is 32.9. The summed E-state index contributed by atoms with van der Waals surface area (Å²) in [5.41, 5.74) is 2.79. The highest BCUT2D eigenvalue weighted by Crippen LogP contribution is 2.64. The van der Waals surface area contributed by atoms with Crippen LogP contribution < -0.4 is 5.43 Å². The fourth-order valence-electron chi connectivity index (χ4n) is 10.4. The molecule has 0 spiro atoms. The summed E-state index contributed by atoms with van der Waals surface area (Å²) in [7, 11) is 0. The van der Waals surface area contributed by atoms with Gasteiger partial charge >= 0.3 is 6.18 Å². The van der Waals surface area contributed by atoms with Crippen LogP contribution >= 0.6 is 23.2 Å². The zero-order valence-electron chi connectivity index (χ0n) is 31.4. The molecule has 4 fully saturated rings. The predicted molar refractivity (Wildman–Crippen MR) is 212 cm³/mol. The van der Waals surface area contributed by atoms with E-state index in [1.807, 2.05) is 24.3 Å². The Morgan fingerprint density at radius 3 is 2.22 bits per heavy atom. The van der Waals surface area contributed by atoms with Crippen LogP contribution in [0.25, 0.3) is 0 Å². The first-order valence-electron chi connectivity index (χ1n) is 19.5. The Morgan fingerprint density at radius 2 is 1.56 bits per heavy atom. The molecule has 59 heavy (non-hydrogen) atoms. The lowest BCUT2D eigenvalue weighted by Gasteiger charge is -2.50. The fraction of sp³-hybridized carbons (Fsp3) is 0.341. The quantitative estimate of drug-likeness (QED) is 0.143. The number of piperidine rings is 1. The van der Waals surface area contributed by atoms with E-state index in [2.05, 4.69) is 27.4 Å². The number of carbonyl (C=O) groups excluding carboxylic acids is 4. The van der Waals surface area contributed by atoms with Gasteiger partial charge in [-0.25, -0.2) is 4.98 Å². The topological polar surface area (TPSA) is 123 Å². The molecule has 4 amide bonds. The van der Waals surface area contributed by atoms with Gasteiger partial charge in [0.25, 0.3) is 11.8 Å². The van der Waals surface area contributed by atoms with Gasteiger partial charge in [0, 0.05) is 42.8 Å². The molecule has 15 heteroatoms. The van der Waals surface area contributed by atoms with Crippen molar-refractivity contribution in [3.63, 3.8) is 0 Å². The number of rotatable bonds is 7. The van der Waals surface area contributed by atoms with Crippen LogP contribution in [0.3, 0.4) is 0 Å². The fourth-order valence-corrected chi connectivity index (χ4v) is 10.7. The van der Waals surface area contributed by atoms with Crippen molar-refractivity contribution < 1.29 is 37.5 Å². The third-order valence-corrected chi connectivity index (χ3v) is 13.5. The first-order chi connectivity index (χ1) is 28.3. The molecule has 1 saturated carbocycles. The Balaban J connectivity index is 1.10. The van der Waals surface area contributed by atoms with Crippen molar-refractivity contribution in [2.45, 2.75) is 55.8 Å². The largest absolute Gasteiger partial charge is 0.508 e. The smallest absolute Gasteiger partial charge is 0.417 e. The molecule has 10 nitrogen and oxygen atoms in total. The number of fused-ring (bicyclic) bond motifs is 4. The standard InChI is InChI=1S/C44H38Cl2F3N5O5/c45-28-10-8-26(9-11-28)43-34(40(57)54(42(43)59)51-38-35(46)20-27(22-50-38)44(47,48)49)21-33-31(37(43)25-6-12-30(55)13-7-25)14-15-32-36(33)41(58)53(39(32)56)29-16-18-52(19-17-29)23-24-4-2-1-3-5-24/h1-14,20,22,29,32-34,36-37,55H,15-19,21,23H2,(H,50,51). The third-order valence-electron chi connectivity index (χ3n) is 13.0. The number of pyridine rings is 1. The molecular formula is C44H38Cl2F3N5O5. The number of hydrogen-bond acceptors (Lipinski definition) is 8. The van der Waals surface area contributed by atoms with Gasteiger partial charge in [0.15, 0.2) is 5.82 Å². The monoisotopic (exact) mass is 843 g/mol. The Kier molecular flexibility index (Phi) is 9.83. The lowest BCUT2D eigenvalue weighted by molar-refractivity contribution is -0.144. The maximum absolute atomic E-state index is 15.3. The second kappa shape index (κ2) is 14.8. The summed E-state index contributed by atoms with van der Waals surface area (Å²) in [6, 6.07) is 23.4. The van der Waals surface area contributed by atoms with Crippen LogP contribution in [0.1, 0.15) is 53.9 Å². The first-order valence-corrected chi connectivity index (χ1v) is 20.3. The van der Waals surface area contributed by atoms with E-state index < -0.39 is 63.6 Å². The normalized spacial score (nSPS) is 27.4. The molecule has 2 N–H and O–H groups in total. The average Bonchev–Trinajstić information content (AvgIpc) is 3.60. The van der Waals surface area contributed by atoms with Crippen LogP contribution in [0.15, 0.2) is 103 Å². The van der Waals surface area contributed by atoms with E-state index in [4.69, 9.17) is 23.2 Å². The van der Waals surface area contributed by atoms with Crippen LogP contribution in [0.5, 0.6) is 5.75 Å². The molecule has 3 saturated heterocycles. The number of nitrogens with zero attached hydrogens (tertiary/aromatic N) is 4. The number of aromatic hydroxyl groups is 1. The van der Waals surface area contributed by atoms with Crippen LogP contribution in [0.4, 0.5) is 19.0 Å². The summed E-state index contributed by atoms with van der Waals surface area (Å²) in [4.78, 5) is 66.9. The number of likely N-dealkylation sites (tertiary alicyclic amines) is 2. The van der Waals surface area contributed by atoms with Crippen molar-refractivity contribution >= 4 is 52.6 Å². The zero-order chi connectivity index (χ0) is 41.4. The maximum Gasteiger partial charge on any atom is 0.417 e. The van der Waals surface area contributed by atoms with Crippen molar-refractivity contribution in [2.24, 2.45) is 23.7 Å². The van der Waals surface area contributed by atoms with E-state index in [-0.39, 0.29) is 42.3 Å². The molecule has 2 aliphatic carbocycles. The van der Waals surface area contributed by atoms with Gasteiger partial charge in [-0.3, -0.25) is 34.4 Å². The summed E-state index contributed by atoms with van der Waals surface area (Å²) < 4.78 is 40.5. The highest BCUT2D eigenvalue weighted by atomic mass is 35.5. The molecule has 304 valence electrons. The second-order valence-corrected chi connectivity index (χ2v) is 16.9. The minimum absolute atomic E-state index is 0.0174. The first kappa shape index (κ1) is 39.2. The molecule has 3 aliphatic heterocycles. The van der Waals surface area contributed by atoms with Gasteiger partial charge in [-0.15, -0.1) is 0 Å². The van der Waals surface area contributed by atoms with E-state index in [9.17, 15) is 32.7 Å². The van der Waals surface area contributed by atoms with E-state index in [0.29, 0.717) is 54.3 Å². The number of hydrogen-bond donors (Lipinski definition) is 2. The Hall–Kier alpha value is -5.24. The molecule has 5 aliphatic rings. The lowest BCUT2D eigenvalue weighted by atomic mass is 9.49. The van der Waals surface area contributed by atoms with Crippen LogP contribution in [-0.2, 0) is 37.3 Å². The molecule has 0 bridgehead atoms. The predicted octanol–water partition coefficient (Wildman–Crippen LogP) is 7.76. The van der Waals surface area contributed by atoms with Crippen molar-refractivity contribution in [3.05, 3.63) is 135 Å². The number of hydrazine groups is 1. The Labute approximate surface area is 347 Å². The minimum Gasteiger partial charge on any atom is -0.508 e. The van der Waals surface area contributed by atoms with Crippen molar-refractivity contribution in [1.29, 1.82) is 0 Å². The van der Waals surface area contributed by atoms with Gasteiger partial charge in [-0.1, -0.05) is 89.4 Å². The minimum atomic E-state index is -4.74. The number of phenolic OH excluding ortho intramolecular Hbond substituents is 1. The highest BCUT2D eigenvalue weighted by Gasteiger charge is 2.70. The third kappa shape index (κ3) is 6.49. The number of alkyl halides is 3. The second-order valence-electron chi connectivity index (χ2n) is 16.0. The number of allylic oxidation sites excluding steroid dienone is 2. The van der Waals surface area contributed by atoms with Gasteiger partial charge < -0.3 is 5.11 Å². The van der Waals surface area contributed by atoms with Crippen LogP contribution in [0.2, 0.25) is 10.0 Å². The number of nitrogens with one attached hydrogen (secondary N) is 1. The molecule has 3 aromatic carbocycles. The summed E-state index contributed by atoms with van der Waals surface area (Å²) >= 11 is 12.6. The van der Waals surface area contributed by atoms with Gasteiger partial charge in [0.2, 0.25) is 11.8 Å². The molecule has 1 aromatic heterocycles. The molecule has 6 unspecified atom stereocenters. The van der Waals surface area contributed by atoms with Crippen LogP contribution in [0, 0.1) is 23.7 Å². The van der Waals surface area contributed by atoms with Gasteiger partial charge in [-0.2, -0.15) is 18.2 Å². The number of benzene rings is 3. The van der Waals surface area contributed by atoms with Crippen molar-refractivity contribution in [3.8, 4) is 5.75 Å². The van der Waals surface area contributed by atoms with E-state index >= 15 is 4.79 Å². The maximum atomic E-state index is 15.3. The van der Waals surface area contributed by atoms with E-state index in [1.165, 1.54) is 22.6 Å². The summed E-state index contributed by atoms with van der Waals surface area (Å²) in [5.74, 6) is -6.38. The van der Waals surface area contributed by atoms with Crippen molar-refractivity contribution in [2.75, 3.05) is 18.5 Å². The average molecular weight is 845 g/mol. The SMILES string of the molecule is O=C1C2CC3C(=CCC4C(=O)N(C5CCN(Cc6ccccc6)CC5)C(=O)C43)C(c3ccc(O)cc3)C2(c2ccc(Cl)cc2)C(=O)N1Nc1ncc(C(F)(F)F)cc1Cl. The Bertz CT molecular complexity index is 2370. The Morgan fingerprint density at radius 1 is 0.864 bits per heavy atom. The molecule has 4 aromatic rings. The van der Waals surface area contributed by atoms with E-state index in [1.54, 1.807) is 36.4 Å². The highest BCUT2D eigenvalue weighted by molar-refractivity contribution is 6.33. The molecule has 4 heterocycles. The molecule has 6 atom stereocenters. The summed E-state index contributed by atoms with van der Waals surface area (Å²) in [6.07, 6.45) is -0.727. The van der Waals surface area contributed by atoms with Gasteiger partial charge in [0.05, 0.1) is 33.8 Å². The molecule has 0 radical (unpaired) electrons. The number of phenols is 1. The molecule has 9 rings (SSSR count). The van der Waals surface area contributed by atoms with Gasteiger partial charge in [0.1, 0.15) is 5.75 Å². The summed E-state index contributed by atoms with van der Waals surface area (Å²) in [5, 5.41) is 11.0. The van der Waals surface area contributed by atoms with Crippen LogP contribution in [-0.4, -0.2) is 67.7 Å². The number of halogens is 5. The van der Waals surface area contributed by atoms with Gasteiger partial charge in [-0.05, 0) is 78.6 Å². The lowest BCUT2D eigenvalue weighted by Crippen LogP contribution is -2.53. The van der Waals surface area contributed by atoms with E-state index in [0.717, 1.165) is 17.1 Å². The number of imide groups is 2. The number of anilines is 1. The number of amides is 4. The summed E-state index contributed by atoms with van der Waals surface area (Å²) in [6.45, 7) is 2.20. The van der Waals surface area contributed by atoms with Crippen molar-refractivity contribution in [1.82, 2.24) is 19.8 Å². The number of carbonyl (C=O) groups is 4.